The Morgan fingerprint density at radius 2 is 1.29 bits per heavy atom. The molecule has 2 N–H and O–H groups in total. The van der Waals surface area contributed by atoms with Gasteiger partial charge in [0.2, 0.25) is 0 Å². The van der Waals surface area contributed by atoms with Gasteiger partial charge in [-0.2, -0.15) is 0 Å². The molecular formula is C25H27NO2. The minimum absolute atomic E-state index is 0.201. The zero-order chi connectivity index (χ0) is 20.1. The molecule has 0 saturated carbocycles. The van der Waals surface area contributed by atoms with Gasteiger partial charge >= 0.3 is 5.97 Å². The molecule has 4 aromatic rings. The molecule has 28 heavy (non-hydrogen) atoms. The highest BCUT2D eigenvalue weighted by molar-refractivity contribution is 6.17. The summed E-state index contributed by atoms with van der Waals surface area (Å²) < 4.78 is 4.47. The highest BCUT2D eigenvalue weighted by atomic mass is 16.5. The van der Waals surface area contributed by atoms with Gasteiger partial charge in [-0.25, -0.2) is 0 Å². The summed E-state index contributed by atoms with van der Waals surface area (Å²) in [6.07, 6.45) is 0.899. The normalized spacial score (nSPS) is 13.0. The second-order valence-corrected chi connectivity index (χ2v) is 7.10. The van der Waals surface area contributed by atoms with Gasteiger partial charge in [0, 0.05) is 0 Å². The van der Waals surface area contributed by atoms with Gasteiger partial charge in [0.1, 0.15) is 6.04 Å². The molecule has 0 heterocycles. The van der Waals surface area contributed by atoms with Crippen LogP contribution in [0, 0.1) is 5.92 Å². The fourth-order valence-electron chi connectivity index (χ4n) is 3.39. The zero-order valence-electron chi connectivity index (χ0n) is 16.7. The molecule has 3 heteroatoms. The van der Waals surface area contributed by atoms with Gasteiger partial charge in [0.05, 0.1) is 7.11 Å². The number of carbonyl (C=O) groups is 1. The molecule has 0 radical (unpaired) electrons. The van der Waals surface area contributed by atoms with Crippen molar-refractivity contribution in [1.29, 1.82) is 0 Å². The molecule has 3 nitrogen and oxygen atoms in total. The summed E-state index contributed by atoms with van der Waals surface area (Å²) in [6, 6.07) is 25.6. The largest absolute Gasteiger partial charge is 0.468 e. The first kappa shape index (κ1) is 19.8. The number of fused-ring (bicyclic) bond motifs is 5. The minimum atomic E-state index is -0.463. The van der Waals surface area contributed by atoms with Gasteiger partial charge in [-0.05, 0) is 38.2 Å². The average molecular weight is 373 g/mol. The van der Waals surface area contributed by atoms with Crippen LogP contribution in [-0.2, 0) is 9.53 Å². The smallest absolute Gasteiger partial charge is 0.322 e. The van der Waals surface area contributed by atoms with E-state index in [1.54, 1.807) is 0 Å². The minimum Gasteiger partial charge on any atom is -0.468 e. The standard InChI is InChI=1S/C18H12.C7H15NO2/c1-3-7-15-13(5-1)9-11-18-16-8-4-2-6-14(16)10-12-17(15)18;1-4-5(2)6(8)7(9)10-3/h1-12H;5-6H,4,8H2,1-3H3. The molecule has 0 spiro atoms. The molecule has 0 fully saturated rings. The van der Waals surface area contributed by atoms with E-state index >= 15 is 0 Å². The van der Waals surface area contributed by atoms with Crippen LogP contribution in [-0.4, -0.2) is 19.1 Å². The lowest BCUT2D eigenvalue weighted by atomic mass is 9.97. The second-order valence-electron chi connectivity index (χ2n) is 7.10. The molecule has 4 aromatic carbocycles. The van der Waals surface area contributed by atoms with Crippen molar-refractivity contribution < 1.29 is 9.53 Å². The SMILES string of the molecule is CCC(C)C(N)C(=O)OC.c1ccc2c(c1)ccc1c3ccccc3ccc21. The molecule has 0 saturated heterocycles. The van der Waals surface area contributed by atoms with Gasteiger partial charge in [-0.15, -0.1) is 0 Å². The van der Waals surface area contributed by atoms with Crippen LogP contribution in [0.25, 0.3) is 32.3 Å². The summed E-state index contributed by atoms with van der Waals surface area (Å²) in [4.78, 5) is 10.8. The number of methoxy groups -OCH3 is 1. The van der Waals surface area contributed by atoms with E-state index < -0.39 is 6.04 Å². The maximum atomic E-state index is 10.8. The van der Waals surface area contributed by atoms with Crippen molar-refractivity contribution in [1.82, 2.24) is 0 Å². The first-order valence-electron chi connectivity index (χ1n) is 9.69. The van der Waals surface area contributed by atoms with Crippen LogP contribution in [0.3, 0.4) is 0 Å². The highest BCUT2D eigenvalue weighted by Crippen LogP contribution is 2.30. The van der Waals surface area contributed by atoms with Crippen molar-refractivity contribution >= 4 is 38.3 Å². The number of carbonyl (C=O) groups excluding carboxylic acids is 1. The van der Waals surface area contributed by atoms with Gasteiger partial charge in [-0.1, -0.05) is 93.1 Å². The Kier molecular flexibility index (Phi) is 6.27. The monoisotopic (exact) mass is 373 g/mol. The van der Waals surface area contributed by atoms with Crippen molar-refractivity contribution in [2.45, 2.75) is 26.3 Å². The van der Waals surface area contributed by atoms with Crippen LogP contribution >= 0.6 is 0 Å². The third kappa shape index (κ3) is 4.00. The molecule has 0 bridgehead atoms. The fourth-order valence-corrected chi connectivity index (χ4v) is 3.39. The number of nitrogens with two attached hydrogens (primary N) is 1. The van der Waals surface area contributed by atoms with Crippen LogP contribution in [0.5, 0.6) is 0 Å². The summed E-state index contributed by atoms with van der Waals surface area (Å²) in [5.74, 6) is -0.123. The molecular weight excluding hydrogens is 346 g/mol. The third-order valence-corrected chi connectivity index (χ3v) is 5.38. The highest BCUT2D eigenvalue weighted by Gasteiger charge is 2.19. The number of ether oxygens (including phenoxy) is 1. The van der Waals surface area contributed by atoms with E-state index in [0.29, 0.717) is 0 Å². The Morgan fingerprint density at radius 3 is 1.71 bits per heavy atom. The van der Waals surface area contributed by atoms with Crippen LogP contribution in [0.15, 0.2) is 72.8 Å². The van der Waals surface area contributed by atoms with E-state index in [4.69, 9.17) is 5.73 Å². The second kappa shape index (κ2) is 8.85. The van der Waals surface area contributed by atoms with Crippen LogP contribution in [0.4, 0.5) is 0 Å². The van der Waals surface area contributed by atoms with E-state index in [2.05, 4.69) is 77.5 Å². The van der Waals surface area contributed by atoms with Gasteiger partial charge in [0.15, 0.2) is 0 Å². The van der Waals surface area contributed by atoms with Crippen LogP contribution < -0.4 is 5.73 Å². The topological polar surface area (TPSA) is 52.3 Å². The Labute approximate surface area is 166 Å². The molecule has 0 aliphatic rings. The van der Waals surface area contributed by atoms with Crippen molar-refractivity contribution in [2.24, 2.45) is 11.7 Å². The first-order valence-corrected chi connectivity index (χ1v) is 9.69. The molecule has 2 atom stereocenters. The van der Waals surface area contributed by atoms with Crippen LogP contribution in [0.1, 0.15) is 20.3 Å². The van der Waals surface area contributed by atoms with Crippen LogP contribution in [0.2, 0.25) is 0 Å². The molecule has 2 unspecified atom stereocenters. The van der Waals surface area contributed by atoms with E-state index in [1.807, 2.05) is 13.8 Å². The molecule has 0 aliphatic heterocycles. The Balaban J connectivity index is 0.000000195. The maximum absolute atomic E-state index is 10.8. The lowest BCUT2D eigenvalue weighted by Crippen LogP contribution is -2.37. The number of rotatable bonds is 3. The molecule has 0 aromatic heterocycles. The summed E-state index contributed by atoms with van der Waals surface area (Å²) in [5.41, 5.74) is 5.51. The Hall–Kier alpha value is -2.91. The van der Waals surface area contributed by atoms with Gasteiger partial charge < -0.3 is 10.5 Å². The molecule has 144 valence electrons. The number of hydrogen-bond acceptors (Lipinski definition) is 3. The number of hydrogen-bond donors (Lipinski definition) is 1. The van der Waals surface area contributed by atoms with E-state index in [0.717, 1.165) is 6.42 Å². The summed E-state index contributed by atoms with van der Waals surface area (Å²) >= 11 is 0. The van der Waals surface area contributed by atoms with Crippen molar-refractivity contribution in [3.8, 4) is 0 Å². The summed E-state index contributed by atoms with van der Waals surface area (Å²) in [5, 5.41) is 7.96. The third-order valence-electron chi connectivity index (χ3n) is 5.38. The summed E-state index contributed by atoms with van der Waals surface area (Å²) in [7, 11) is 1.35. The number of benzene rings is 4. The van der Waals surface area contributed by atoms with Crippen molar-refractivity contribution in [2.75, 3.05) is 7.11 Å². The first-order chi connectivity index (χ1) is 13.6. The van der Waals surface area contributed by atoms with E-state index in [1.165, 1.54) is 39.4 Å². The molecule has 4 rings (SSSR count). The predicted molar refractivity (Wildman–Crippen MR) is 118 cm³/mol. The van der Waals surface area contributed by atoms with Crippen molar-refractivity contribution in [3.63, 3.8) is 0 Å². The Bertz CT molecular complexity index is 1030. The lowest BCUT2D eigenvalue weighted by molar-refractivity contribution is -0.143. The summed E-state index contributed by atoms with van der Waals surface area (Å²) in [6.45, 7) is 3.93. The quantitative estimate of drug-likeness (QED) is 0.371. The average Bonchev–Trinajstić information content (AvgIpc) is 2.77. The Morgan fingerprint density at radius 1 is 0.821 bits per heavy atom. The predicted octanol–water partition coefficient (Wildman–Crippen LogP) is 5.68. The van der Waals surface area contributed by atoms with Gasteiger partial charge in [0.25, 0.3) is 0 Å². The molecule has 0 aliphatic carbocycles. The van der Waals surface area contributed by atoms with Gasteiger partial charge in [-0.3, -0.25) is 4.79 Å². The zero-order valence-corrected chi connectivity index (χ0v) is 16.7. The van der Waals surface area contributed by atoms with E-state index in [9.17, 15) is 4.79 Å². The van der Waals surface area contributed by atoms with Crippen molar-refractivity contribution in [3.05, 3.63) is 72.8 Å². The molecule has 0 amide bonds. The van der Waals surface area contributed by atoms with E-state index in [-0.39, 0.29) is 11.9 Å². The fraction of sp³-hybridized carbons (Fsp3) is 0.240. The maximum Gasteiger partial charge on any atom is 0.322 e. The lowest BCUT2D eigenvalue weighted by Gasteiger charge is -2.14. The number of esters is 1.